The van der Waals surface area contributed by atoms with Gasteiger partial charge >= 0.3 is 5.97 Å². The van der Waals surface area contributed by atoms with Gasteiger partial charge in [-0.2, -0.15) is 5.10 Å². The van der Waals surface area contributed by atoms with Gasteiger partial charge in [-0.1, -0.05) is 12.1 Å². The maximum Gasteiger partial charge on any atom is 0.328 e. The number of aromatic nitrogens is 2. The van der Waals surface area contributed by atoms with Gasteiger partial charge in [0.2, 0.25) is 0 Å². The second-order valence-electron chi connectivity index (χ2n) is 5.21. The zero-order chi connectivity index (χ0) is 17.0. The van der Waals surface area contributed by atoms with Crippen molar-refractivity contribution in [3.8, 4) is 5.69 Å². The summed E-state index contributed by atoms with van der Waals surface area (Å²) in [6, 6.07) is 6.61. The van der Waals surface area contributed by atoms with E-state index < -0.39 is 17.9 Å². The van der Waals surface area contributed by atoms with Gasteiger partial charge < -0.3 is 15.2 Å². The normalized spacial score (nSPS) is 12.0. The minimum atomic E-state index is -1.15. The monoisotopic (exact) mass is 317 g/mol. The summed E-state index contributed by atoms with van der Waals surface area (Å²) in [6.45, 7) is 3.63. The molecule has 2 aromatic rings. The number of amides is 1. The fourth-order valence-corrected chi connectivity index (χ4v) is 2.23. The molecule has 1 unspecified atom stereocenters. The molecule has 1 amide bonds. The molecule has 0 radical (unpaired) electrons. The van der Waals surface area contributed by atoms with E-state index in [0.29, 0.717) is 11.3 Å². The lowest BCUT2D eigenvalue weighted by Gasteiger charge is -2.13. The molecular weight excluding hydrogens is 298 g/mol. The molecule has 1 atom stereocenters. The van der Waals surface area contributed by atoms with Gasteiger partial charge in [0.1, 0.15) is 0 Å². The summed E-state index contributed by atoms with van der Waals surface area (Å²) in [6.07, 6.45) is 1.43. The lowest BCUT2D eigenvalue weighted by molar-refractivity contribution is -0.140. The SMILES string of the molecule is COCC(NC(=O)c1cnn(-c2cccc(C)c2)c1C)C(=O)O. The number of hydrogen-bond donors (Lipinski definition) is 2. The molecule has 2 rings (SSSR count). The van der Waals surface area contributed by atoms with Crippen molar-refractivity contribution in [3.63, 3.8) is 0 Å². The molecule has 0 aliphatic heterocycles. The van der Waals surface area contributed by atoms with Crippen LogP contribution in [0.15, 0.2) is 30.5 Å². The minimum Gasteiger partial charge on any atom is -0.480 e. The third-order valence-electron chi connectivity index (χ3n) is 3.44. The smallest absolute Gasteiger partial charge is 0.328 e. The third-order valence-corrected chi connectivity index (χ3v) is 3.44. The molecule has 0 saturated heterocycles. The van der Waals surface area contributed by atoms with Gasteiger partial charge in [-0.25, -0.2) is 9.48 Å². The predicted octanol–water partition coefficient (Wildman–Crippen LogP) is 1.32. The fourth-order valence-electron chi connectivity index (χ4n) is 2.23. The minimum absolute atomic E-state index is 0.105. The van der Waals surface area contributed by atoms with Gasteiger partial charge in [-0.05, 0) is 31.5 Å². The standard InChI is InChI=1S/C16H19N3O4/c1-10-5-4-6-12(7-10)19-11(2)13(8-17-19)15(20)18-14(9-23-3)16(21)22/h4-8,14H,9H2,1-3H3,(H,18,20)(H,21,22). The Morgan fingerprint density at radius 3 is 2.74 bits per heavy atom. The fraction of sp³-hybridized carbons (Fsp3) is 0.312. The number of carboxylic acid groups (broad SMARTS) is 1. The lowest BCUT2D eigenvalue weighted by atomic mass is 10.2. The first-order valence-corrected chi connectivity index (χ1v) is 7.08. The Bertz CT molecular complexity index is 724. The molecule has 0 bridgehead atoms. The molecule has 7 heteroatoms. The molecule has 0 saturated carbocycles. The van der Waals surface area contributed by atoms with E-state index in [1.165, 1.54) is 13.3 Å². The van der Waals surface area contributed by atoms with Gasteiger partial charge in [-0.15, -0.1) is 0 Å². The highest BCUT2D eigenvalue weighted by Crippen LogP contribution is 2.15. The topological polar surface area (TPSA) is 93.5 Å². The van der Waals surface area contributed by atoms with E-state index in [1.54, 1.807) is 11.6 Å². The molecule has 0 fully saturated rings. The number of nitrogens with one attached hydrogen (secondary N) is 1. The second kappa shape index (κ2) is 7.06. The van der Waals surface area contributed by atoms with Crippen molar-refractivity contribution in [2.75, 3.05) is 13.7 Å². The van der Waals surface area contributed by atoms with Crippen LogP contribution < -0.4 is 5.32 Å². The van der Waals surface area contributed by atoms with Crippen LogP contribution in [-0.4, -0.2) is 46.5 Å². The van der Waals surface area contributed by atoms with Crippen LogP contribution in [0, 0.1) is 13.8 Å². The summed E-state index contributed by atoms with van der Waals surface area (Å²) in [4.78, 5) is 23.4. The Hall–Kier alpha value is -2.67. The molecule has 7 nitrogen and oxygen atoms in total. The molecule has 0 spiro atoms. The molecular formula is C16H19N3O4. The second-order valence-corrected chi connectivity index (χ2v) is 5.21. The maximum absolute atomic E-state index is 12.3. The molecule has 1 aromatic carbocycles. The molecule has 0 aliphatic carbocycles. The summed E-state index contributed by atoms with van der Waals surface area (Å²) >= 11 is 0. The van der Waals surface area contributed by atoms with Gasteiger partial charge in [0, 0.05) is 7.11 Å². The summed E-state index contributed by atoms with van der Waals surface area (Å²) in [7, 11) is 1.38. The zero-order valence-corrected chi connectivity index (χ0v) is 13.2. The Balaban J connectivity index is 2.24. The number of benzene rings is 1. The number of carbonyl (C=O) groups excluding carboxylic acids is 1. The van der Waals surface area contributed by atoms with Crippen molar-refractivity contribution in [1.29, 1.82) is 0 Å². The summed E-state index contributed by atoms with van der Waals surface area (Å²) in [5, 5.41) is 15.7. The highest BCUT2D eigenvalue weighted by Gasteiger charge is 2.23. The van der Waals surface area contributed by atoms with Crippen LogP contribution in [0.3, 0.4) is 0 Å². The molecule has 0 aliphatic rings. The predicted molar refractivity (Wildman–Crippen MR) is 83.8 cm³/mol. The van der Waals surface area contributed by atoms with Crippen molar-refractivity contribution in [1.82, 2.24) is 15.1 Å². The van der Waals surface area contributed by atoms with Crippen LogP contribution >= 0.6 is 0 Å². The Morgan fingerprint density at radius 1 is 1.39 bits per heavy atom. The van der Waals surface area contributed by atoms with Crippen LogP contribution in [0.2, 0.25) is 0 Å². The van der Waals surface area contributed by atoms with E-state index in [1.807, 2.05) is 31.2 Å². The summed E-state index contributed by atoms with van der Waals surface area (Å²) in [5.74, 6) is -1.64. The first kappa shape index (κ1) is 16.7. The van der Waals surface area contributed by atoms with Crippen LogP contribution in [0.25, 0.3) is 5.69 Å². The number of aryl methyl sites for hydroxylation is 1. The number of hydrogen-bond acceptors (Lipinski definition) is 4. The number of nitrogens with zero attached hydrogens (tertiary/aromatic N) is 2. The van der Waals surface area contributed by atoms with Crippen LogP contribution in [0.4, 0.5) is 0 Å². The van der Waals surface area contributed by atoms with E-state index in [0.717, 1.165) is 11.3 Å². The van der Waals surface area contributed by atoms with Crippen molar-refractivity contribution in [2.45, 2.75) is 19.9 Å². The highest BCUT2D eigenvalue weighted by molar-refractivity contribution is 5.97. The van der Waals surface area contributed by atoms with E-state index >= 15 is 0 Å². The maximum atomic E-state index is 12.3. The molecule has 1 aromatic heterocycles. The van der Waals surface area contributed by atoms with Crippen molar-refractivity contribution < 1.29 is 19.4 Å². The quantitative estimate of drug-likeness (QED) is 0.838. The number of ether oxygens (including phenoxy) is 1. The molecule has 2 N–H and O–H groups in total. The number of methoxy groups -OCH3 is 1. The van der Waals surface area contributed by atoms with Gasteiger partial charge in [0.05, 0.1) is 29.7 Å². The van der Waals surface area contributed by atoms with Gasteiger partial charge in [-0.3, -0.25) is 4.79 Å². The Morgan fingerprint density at radius 2 is 2.13 bits per heavy atom. The number of rotatable bonds is 6. The Labute approximate surface area is 133 Å². The number of carbonyl (C=O) groups is 2. The van der Waals surface area contributed by atoms with E-state index in [2.05, 4.69) is 10.4 Å². The third kappa shape index (κ3) is 3.75. The first-order valence-electron chi connectivity index (χ1n) is 7.08. The van der Waals surface area contributed by atoms with Gasteiger partial charge in [0.25, 0.3) is 5.91 Å². The van der Waals surface area contributed by atoms with E-state index in [9.17, 15) is 9.59 Å². The zero-order valence-electron chi connectivity index (χ0n) is 13.2. The molecule has 23 heavy (non-hydrogen) atoms. The van der Waals surface area contributed by atoms with Crippen LogP contribution in [0.1, 0.15) is 21.6 Å². The van der Waals surface area contributed by atoms with Crippen LogP contribution in [0.5, 0.6) is 0 Å². The van der Waals surface area contributed by atoms with Crippen molar-refractivity contribution in [3.05, 3.63) is 47.3 Å². The average molecular weight is 317 g/mol. The molecule has 122 valence electrons. The Kier molecular flexibility index (Phi) is 5.13. The van der Waals surface area contributed by atoms with Gasteiger partial charge in [0.15, 0.2) is 6.04 Å². The van der Waals surface area contributed by atoms with E-state index in [4.69, 9.17) is 9.84 Å². The summed E-state index contributed by atoms with van der Waals surface area (Å²) in [5.41, 5.74) is 2.88. The average Bonchev–Trinajstić information content (AvgIpc) is 2.88. The largest absolute Gasteiger partial charge is 0.480 e. The van der Waals surface area contributed by atoms with Crippen molar-refractivity contribution >= 4 is 11.9 Å². The first-order chi connectivity index (χ1) is 10.9. The lowest BCUT2D eigenvalue weighted by Crippen LogP contribution is -2.43. The summed E-state index contributed by atoms with van der Waals surface area (Å²) < 4.78 is 6.45. The number of aliphatic carboxylic acids is 1. The molecule has 1 heterocycles. The highest BCUT2D eigenvalue weighted by atomic mass is 16.5. The van der Waals surface area contributed by atoms with E-state index in [-0.39, 0.29) is 6.61 Å². The van der Waals surface area contributed by atoms with Crippen molar-refractivity contribution in [2.24, 2.45) is 0 Å². The van der Waals surface area contributed by atoms with Crippen LogP contribution in [-0.2, 0) is 9.53 Å². The number of carboxylic acids is 1.